The van der Waals surface area contributed by atoms with Crippen molar-refractivity contribution < 1.29 is 9.53 Å². The molecule has 0 amide bonds. The van der Waals surface area contributed by atoms with E-state index in [0.717, 1.165) is 19.3 Å². The molecule has 0 bridgehead atoms. The van der Waals surface area contributed by atoms with E-state index in [9.17, 15) is 14.6 Å². The first-order valence-corrected chi connectivity index (χ1v) is 5.44. The second kappa shape index (κ2) is 8.94. The van der Waals surface area contributed by atoms with Crippen LogP contribution >= 0.6 is 0 Å². The van der Waals surface area contributed by atoms with Crippen LogP contribution in [0.3, 0.4) is 0 Å². The zero-order chi connectivity index (χ0) is 12.4. The summed E-state index contributed by atoms with van der Waals surface area (Å²) in [6.45, 7) is 3.35. The lowest BCUT2D eigenvalue weighted by Gasteiger charge is -2.15. The molecule has 0 rings (SSSR count). The summed E-state index contributed by atoms with van der Waals surface area (Å²) < 4.78 is 4.96. The summed E-state index contributed by atoms with van der Waals surface area (Å²) in [5.41, 5.74) is 0. The highest BCUT2D eigenvalue weighted by atomic mass is 16.5. The lowest BCUT2D eigenvalue weighted by atomic mass is 10.1. The number of nitroso groups, excluding NO2 is 2. The molecule has 0 aliphatic carbocycles. The molecule has 0 N–H and O–H groups in total. The van der Waals surface area contributed by atoms with Crippen molar-refractivity contribution in [2.75, 3.05) is 13.1 Å². The number of rotatable bonds is 9. The zero-order valence-electron chi connectivity index (χ0n) is 9.72. The number of carbonyl (C=O) groups excluding carboxylic acids is 1. The Hall–Kier alpha value is -1.33. The van der Waals surface area contributed by atoms with Crippen molar-refractivity contribution in [3.05, 3.63) is 9.81 Å². The van der Waals surface area contributed by atoms with Crippen LogP contribution in [0.5, 0.6) is 0 Å². The van der Waals surface area contributed by atoms with Crippen LogP contribution in [0.2, 0.25) is 0 Å². The number of hydrogen-bond acceptors (Lipinski definition) is 6. The molecule has 16 heavy (non-hydrogen) atoms. The van der Waals surface area contributed by atoms with Gasteiger partial charge in [0.1, 0.15) is 19.2 Å². The number of esters is 1. The number of ether oxygens (including phenoxy) is 1. The Kier molecular flexibility index (Phi) is 8.19. The molecule has 0 spiro atoms. The minimum absolute atomic E-state index is 0.222. The van der Waals surface area contributed by atoms with Gasteiger partial charge in [-0.05, 0) is 6.42 Å². The van der Waals surface area contributed by atoms with Gasteiger partial charge < -0.3 is 4.74 Å². The van der Waals surface area contributed by atoms with Gasteiger partial charge in [-0.25, -0.2) is 0 Å². The molecule has 0 heterocycles. The number of carbonyl (C=O) groups is 1. The van der Waals surface area contributed by atoms with E-state index in [1.807, 2.05) is 6.92 Å². The molecule has 92 valence electrons. The fraction of sp³-hybridized carbons (Fsp3) is 0.900. The first-order chi connectivity index (χ1) is 7.65. The van der Waals surface area contributed by atoms with Gasteiger partial charge in [0.2, 0.25) is 0 Å². The molecule has 0 aromatic heterocycles. The average molecular weight is 230 g/mol. The van der Waals surface area contributed by atoms with Crippen LogP contribution in [0.1, 0.15) is 33.1 Å². The lowest BCUT2D eigenvalue weighted by Crippen LogP contribution is -2.27. The molecule has 0 fully saturated rings. The van der Waals surface area contributed by atoms with E-state index >= 15 is 0 Å². The van der Waals surface area contributed by atoms with Gasteiger partial charge in [-0.3, -0.25) is 4.79 Å². The maximum atomic E-state index is 11.5. The van der Waals surface area contributed by atoms with Crippen LogP contribution in [0.15, 0.2) is 10.4 Å². The topological polar surface area (TPSA) is 85.2 Å². The van der Waals surface area contributed by atoms with Crippen LogP contribution in [-0.4, -0.2) is 25.2 Å². The smallest absolute Gasteiger partial charge is 0.309 e. The molecular formula is C10H18N2O4. The summed E-state index contributed by atoms with van der Waals surface area (Å²) in [5.74, 6) is -0.619. The summed E-state index contributed by atoms with van der Waals surface area (Å²) in [6.07, 6.45) is 1.88. The average Bonchev–Trinajstić information content (AvgIpc) is 2.26. The number of hydrogen-bond donors (Lipinski definition) is 0. The Morgan fingerprint density at radius 1 is 1.25 bits per heavy atom. The Morgan fingerprint density at radius 2 is 1.81 bits per heavy atom. The van der Waals surface area contributed by atoms with Gasteiger partial charge in [-0.1, -0.05) is 37.0 Å². The van der Waals surface area contributed by atoms with Gasteiger partial charge in [-0.2, -0.15) is 9.81 Å². The van der Waals surface area contributed by atoms with Crippen LogP contribution in [-0.2, 0) is 9.53 Å². The minimum Gasteiger partial charge on any atom is -0.458 e. The molecule has 0 saturated carbocycles. The molecule has 6 heteroatoms. The molecular weight excluding hydrogens is 212 g/mol. The normalized spacial score (nSPS) is 12.2. The fourth-order valence-electron chi connectivity index (χ4n) is 1.21. The van der Waals surface area contributed by atoms with Gasteiger partial charge >= 0.3 is 5.97 Å². The van der Waals surface area contributed by atoms with Crippen LogP contribution < -0.4 is 0 Å². The van der Waals surface area contributed by atoms with Crippen molar-refractivity contribution >= 4 is 5.97 Å². The maximum Gasteiger partial charge on any atom is 0.309 e. The monoisotopic (exact) mass is 230 g/mol. The largest absolute Gasteiger partial charge is 0.458 e. The van der Waals surface area contributed by atoms with Crippen LogP contribution in [0.4, 0.5) is 0 Å². The number of unbranched alkanes of at least 4 members (excludes halogenated alkanes) is 1. The third-order valence-electron chi connectivity index (χ3n) is 2.23. The third kappa shape index (κ3) is 6.21. The summed E-state index contributed by atoms with van der Waals surface area (Å²) in [7, 11) is 0. The second-order valence-electron chi connectivity index (χ2n) is 3.73. The summed E-state index contributed by atoms with van der Waals surface area (Å²) in [5, 5.41) is 5.21. The van der Waals surface area contributed by atoms with E-state index < -0.39 is 12.1 Å². The van der Waals surface area contributed by atoms with Gasteiger partial charge in [0, 0.05) is 0 Å². The minimum atomic E-state index is -0.813. The Bertz CT molecular complexity index is 223. The van der Waals surface area contributed by atoms with Gasteiger partial charge in [0.25, 0.3) is 0 Å². The molecule has 6 nitrogen and oxygen atoms in total. The van der Waals surface area contributed by atoms with Crippen molar-refractivity contribution in [2.24, 2.45) is 16.3 Å². The molecule has 1 atom stereocenters. The molecule has 1 unspecified atom stereocenters. The predicted octanol–water partition coefficient (Wildman–Crippen LogP) is 2.26. The van der Waals surface area contributed by atoms with Gasteiger partial charge in [0.05, 0.1) is 5.92 Å². The number of nitrogens with zero attached hydrogens (tertiary/aromatic N) is 2. The fourth-order valence-corrected chi connectivity index (χ4v) is 1.21. The van der Waals surface area contributed by atoms with E-state index in [4.69, 9.17) is 4.74 Å². The molecule has 0 radical (unpaired) electrons. The van der Waals surface area contributed by atoms with Crippen molar-refractivity contribution in [3.8, 4) is 0 Å². The van der Waals surface area contributed by atoms with Crippen LogP contribution in [0.25, 0.3) is 0 Å². The Balaban J connectivity index is 4.05. The Morgan fingerprint density at radius 3 is 2.25 bits per heavy atom. The maximum absolute atomic E-state index is 11.5. The quantitative estimate of drug-likeness (QED) is 0.449. The Labute approximate surface area is 94.7 Å². The highest BCUT2D eigenvalue weighted by Gasteiger charge is 2.20. The summed E-state index contributed by atoms with van der Waals surface area (Å²) >= 11 is 0. The highest BCUT2D eigenvalue weighted by molar-refractivity contribution is 5.72. The standard InChI is InChI=1S/C10H18N2O4/c1-3-4-5-8(2)10(13)16-9(6-11-14)7-12-15/h8-9H,3-7H2,1-2H3. The highest BCUT2D eigenvalue weighted by Crippen LogP contribution is 2.11. The van der Waals surface area contributed by atoms with Crippen molar-refractivity contribution in [1.29, 1.82) is 0 Å². The first kappa shape index (κ1) is 14.7. The van der Waals surface area contributed by atoms with E-state index in [2.05, 4.69) is 10.4 Å². The molecule has 0 saturated heterocycles. The second-order valence-corrected chi connectivity index (χ2v) is 3.73. The van der Waals surface area contributed by atoms with Gasteiger partial charge in [0.15, 0.2) is 0 Å². The van der Waals surface area contributed by atoms with E-state index in [1.54, 1.807) is 6.92 Å². The van der Waals surface area contributed by atoms with Crippen LogP contribution in [0, 0.1) is 15.7 Å². The third-order valence-corrected chi connectivity index (χ3v) is 2.23. The van der Waals surface area contributed by atoms with E-state index in [1.165, 1.54) is 0 Å². The van der Waals surface area contributed by atoms with E-state index in [-0.39, 0.29) is 19.0 Å². The SMILES string of the molecule is CCCCC(C)C(=O)OC(CN=O)CN=O. The van der Waals surface area contributed by atoms with Gasteiger partial charge in [-0.15, -0.1) is 0 Å². The first-order valence-electron chi connectivity index (χ1n) is 5.44. The molecule has 0 aromatic rings. The van der Waals surface area contributed by atoms with Crippen molar-refractivity contribution in [3.63, 3.8) is 0 Å². The van der Waals surface area contributed by atoms with Crippen molar-refractivity contribution in [2.45, 2.75) is 39.2 Å². The zero-order valence-corrected chi connectivity index (χ0v) is 9.72. The molecule has 0 aliphatic rings. The van der Waals surface area contributed by atoms with Crippen molar-refractivity contribution in [1.82, 2.24) is 0 Å². The molecule has 0 aromatic carbocycles. The molecule has 0 aliphatic heterocycles. The van der Waals surface area contributed by atoms with E-state index in [0.29, 0.717) is 0 Å². The predicted molar refractivity (Wildman–Crippen MR) is 59.9 cm³/mol. The summed E-state index contributed by atoms with van der Waals surface area (Å²) in [4.78, 5) is 31.6. The summed E-state index contributed by atoms with van der Waals surface area (Å²) in [6, 6.07) is 0. The lowest BCUT2D eigenvalue weighted by molar-refractivity contribution is -0.152.